The number of carbonyl (C=O) groups is 1. The zero-order valence-corrected chi connectivity index (χ0v) is 7.80. The highest BCUT2D eigenvalue weighted by atomic mass is 35.5. The van der Waals surface area contributed by atoms with Gasteiger partial charge >= 0.3 is 0 Å². The maximum absolute atomic E-state index is 10.7. The van der Waals surface area contributed by atoms with Crippen LogP contribution in [-0.2, 0) is 10.2 Å². The topological polar surface area (TPSA) is 30.0 Å². The molecule has 0 aliphatic carbocycles. The normalized spacial score (nSPS) is 11.2. The van der Waals surface area contributed by atoms with Gasteiger partial charge in [0.2, 0.25) is 0 Å². The molecule has 0 saturated carbocycles. The number of hydrogen-bond acceptors (Lipinski definition) is 2. The number of halogens is 1. The molecule has 0 unspecified atom stereocenters. The van der Waals surface area contributed by atoms with E-state index in [0.29, 0.717) is 5.15 Å². The van der Waals surface area contributed by atoms with Gasteiger partial charge in [-0.2, -0.15) is 0 Å². The van der Waals surface area contributed by atoms with Gasteiger partial charge in [-0.15, -0.1) is 0 Å². The van der Waals surface area contributed by atoms with Gasteiger partial charge in [-0.25, -0.2) is 4.98 Å². The highest BCUT2D eigenvalue weighted by Crippen LogP contribution is 2.25. The van der Waals surface area contributed by atoms with Crippen LogP contribution in [0.2, 0.25) is 5.15 Å². The van der Waals surface area contributed by atoms with Gasteiger partial charge in [-0.3, -0.25) is 0 Å². The summed E-state index contributed by atoms with van der Waals surface area (Å²) in [5, 5.41) is 0.398. The van der Waals surface area contributed by atoms with E-state index in [2.05, 4.69) is 4.98 Å². The van der Waals surface area contributed by atoms with Crippen LogP contribution in [-0.4, -0.2) is 11.3 Å². The predicted molar refractivity (Wildman–Crippen MR) is 48.3 cm³/mol. The Balaban J connectivity index is 3.19. The molecular weight excluding hydrogens is 174 g/mol. The molecule has 1 aromatic heterocycles. The summed E-state index contributed by atoms with van der Waals surface area (Å²) in [5.74, 6) is 0. The van der Waals surface area contributed by atoms with Gasteiger partial charge in [-0.1, -0.05) is 17.7 Å². The zero-order chi connectivity index (χ0) is 9.19. The standard InChI is InChI=1S/C9H10ClNO/c1-9(2,6-12)7-4-3-5-11-8(7)10/h3-6H,1-2H3. The molecule has 0 amide bonds. The maximum atomic E-state index is 10.7. The Morgan fingerprint density at radius 1 is 1.58 bits per heavy atom. The number of aromatic nitrogens is 1. The summed E-state index contributed by atoms with van der Waals surface area (Å²) in [6.07, 6.45) is 2.47. The molecule has 0 aromatic carbocycles. The number of hydrogen-bond donors (Lipinski definition) is 0. The molecule has 0 aliphatic heterocycles. The molecule has 3 heteroatoms. The first-order chi connectivity index (χ1) is 5.58. The van der Waals surface area contributed by atoms with Crippen LogP contribution >= 0.6 is 11.6 Å². The lowest BCUT2D eigenvalue weighted by molar-refractivity contribution is -0.111. The van der Waals surface area contributed by atoms with Crippen molar-refractivity contribution in [3.63, 3.8) is 0 Å². The smallest absolute Gasteiger partial charge is 0.133 e. The van der Waals surface area contributed by atoms with Crippen LogP contribution < -0.4 is 0 Å². The zero-order valence-electron chi connectivity index (χ0n) is 7.04. The van der Waals surface area contributed by atoms with Gasteiger partial charge in [0.1, 0.15) is 11.4 Å². The monoisotopic (exact) mass is 183 g/mol. The molecule has 0 aliphatic rings. The third-order valence-corrected chi connectivity index (χ3v) is 2.05. The SMILES string of the molecule is CC(C)(C=O)c1cccnc1Cl. The molecule has 0 saturated heterocycles. The van der Waals surface area contributed by atoms with Crippen molar-refractivity contribution in [1.29, 1.82) is 0 Å². The van der Waals surface area contributed by atoms with Crippen LogP contribution in [0.1, 0.15) is 19.4 Å². The fraction of sp³-hybridized carbons (Fsp3) is 0.333. The minimum Gasteiger partial charge on any atom is -0.302 e. The van der Waals surface area contributed by atoms with Gasteiger partial charge in [0.15, 0.2) is 0 Å². The number of pyridine rings is 1. The van der Waals surface area contributed by atoms with E-state index in [-0.39, 0.29) is 0 Å². The van der Waals surface area contributed by atoms with Crippen LogP contribution in [0.4, 0.5) is 0 Å². The minimum atomic E-state index is -0.550. The second-order valence-electron chi connectivity index (χ2n) is 3.18. The third kappa shape index (κ3) is 1.64. The molecular formula is C9H10ClNO. The fourth-order valence-corrected chi connectivity index (χ4v) is 1.29. The Morgan fingerprint density at radius 2 is 2.25 bits per heavy atom. The number of rotatable bonds is 2. The van der Waals surface area contributed by atoms with E-state index >= 15 is 0 Å². The van der Waals surface area contributed by atoms with E-state index in [1.807, 2.05) is 19.9 Å². The van der Waals surface area contributed by atoms with E-state index in [1.54, 1.807) is 12.3 Å². The molecule has 1 heterocycles. The van der Waals surface area contributed by atoms with Gasteiger partial charge in [0.05, 0.1) is 0 Å². The minimum absolute atomic E-state index is 0.398. The van der Waals surface area contributed by atoms with Crippen molar-refractivity contribution in [3.8, 4) is 0 Å². The molecule has 0 bridgehead atoms. The van der Waals surface area contributed by atoms with Crippen molar-refractivity contribution in [1.82, 2.24) is 4.98 Å². The Kier molecular flexibility index (Phi) is 2.48. The Morgan fingerprint density at radius 3 is 2.75 bits per heavy atom. The molecule has 1 aromatic rings. The highest BCUT2D eigenvalue weighted by Gasteiger charge is 2.22. The van der Waals surface area contributed by atoms with Crippen molar-refractivity contribution in [3.05, 3.63) is 29.0 Å². The lowest BCUT2D eigenvalue weighted by atomic mass is 9.88. The Bertz CT molecular complexity index is 296. The summed E-state index contributed by atoms with van der Waals surface area (Å²) < 4.78 is 0. The van der Waals surface area contributed by atoms with Crippen molar-refractivity contribution in [2.24, 2.45) is 0 Å². The van der Waals surface area contributed by atoms with E-state index in [4.69, 9.17) is 11.6 Å². The van der Waals surface area contributed by atoms with Crippen LogP contribution in [0, 0.1) is 0 Å². The number of aldehydes is 1. The van der Waals surface area contributed by atoms with E-state index < -0.39 is 5.41 Å². The third-order valence-electron chi connectivity index (χ3n) is 1.75. The molecule has 0 atom stereocenters. The summed E-state index contributed by atoms with van der Waals surface area (Å²) in [6.45, 7) is 3.62. The first-order valence-corrected chi connectivity index (χ1v) is 4.03. The van der Waals surface area contributed by atoms with Crippen LogP contribution in [0.5, 0.6) is 0 Å². The number of nitrogens with zero attached hydrogens (tertiary/aromatic N) is 1. The molecule has 12 heavy (non-hydrogen) atoms. The molecule has 2 nitrogen and oxygen atoms in total. The summed E-state index contributed by atoms with van der Waals surface area (Å²) in [6, 6.07) is 3.58. The van der Waals surface area contributed by atoms with E-state index in [1.165, 1.54) is 0 Å². The van der Waals surface area contributed by atoms with E-state index in [0.717, 1.165) is 11.8 Å². The predicted octanol–water partition coefficient (Wildman–Crippen LogP) is 2.21. The quantitative estimate of drug-likeness (QED) is 0.520. The van der Waals surface area contributed by atoms with E-state index in [9.17, 15) is 4.79 Å². The van der Waals surface area contributed by atoms with Crippen molar-refractivity contribution in [2.45, 2.75) is 19.3 Å². The van der Waals surface area contributed by atoms with Gasteiger partial charge in [0.25, 0.3) is 0 Å². The molecule has 0 radical (unpaired) electrons. The Labute approximate surface area is 76.6 Å². The lowest BCUT2D eigenvalue weighted by Crippen LogP contribution is -2.19. The fourth-order valence-electron chi connectivity index (χ4n) is 0.930. The molecule has 64 valence electrons. The summed E-state index contributed by atoms with van der Waals surface area (Å²) in [4.78, 5) is 14.6. The summed E-state index contributed by atoms with van der Waals surface area (Å²) in [7, 11) is 0. The number of carbonyl (C=O) groups excluding carboxylic acids is 1. The lowest BCUT2D eigenvalue weighted by Gasteiger charge is -2.17. The molecule has 0 fully saturated rings. The average molecular weight is 184 g/mol. The van der Waals surface area contributed by atoms with Crippen LogP contribution in [0.15, 0.2) is 18.3 Å². The van der Waals surface area contributed by atoms with Crippen molar-refractivity contribution < 1.29 is 4.79 Å². The maximum Gasteiger partial charge on any atom is 0.133 e. The largest absolute Gasteiger partial charge is 0.302 e. The van der Waals surface area contributed by atoms with Crippen LogP contribution in [0.3, 0.4) is 0 Å². The first kappa shape index (κ1) is 9.20. The summed E-state index contributed by atoms with van der Waals surface area (Å²) >= 11 is 5.82. The summed E-state index contributed by atoms with van der Waals surface area (Å²) in [5.41, 5.74) is 0.215. The van der Waals surface area contributed by atoms with Gasteiger partial charge in [0, 0.05) is 17.2 Å². The molecule has 0 N–H and O–H groups in total. The van der Waals surface area contributed by atoms with Crippen LogP contribution in [0.25, 0.3) is 0 Å². The highest BCUT2D eigenvalue weighted by molar-refractivity contribution is 6.30. The van der Waals surface area contributed by atoms with Crippen molar-refractivity contribution in [2.75, 3.05) is 0 Å². The van der Waals surface area contributed by atoms with Gasteiger partial charge < -0.3 is 4.79 Å². The Hall–Kier alpha value is -0.890. The molecule has 0 spiro atoms. The second kappa shape index (κ2) is 3.23. The molecule has 1 rings (SSSR count). The first-order valence-electron chi connectivity index (χ1n) is 3.65. The second-order valence-corrected chi connectivity index (χ2v) is 3.54. The van der Waals surface area contributed by atoms with Gasteiger partial charge in [-0.05, 0) is 19.9 Å². The van der Waals surface area contributed by atoms with Crippen molar-refractivity contribution >= 4 is 17.9 Å². The average Bonchev–Trinajstić information content (AvgIpc) is 2.05.